The molecular weight excluding hydrogens is 290 g/mol. The largest absolute Gasteiger partial charge is 0.497 e. The van der Waals surface area contributed by atoms with Crippen LogP contribution in [0.1, 0.15) is 11.1 Å². The van der Waals surface area contributed by atoms with Gasteiger partial charge in [-0.2, -0.15) is 0 Å². The molecule has 0 saturated carbocycles. The number of carbonyl (C=O) groups is 1. The second-order valence-electron chi connectivity index (χ2n) is 5.07. The lowest BCUT2D eigenvalue weighted by atomic mass is 10.1. The summed E-state index contributed by atoms with van der Waals surface area (Å²) in [6.07, 6.45) is 7.18. The number of hydrogen-bond donors (Lipinski definition) is 1. The molecule has 23 heavy (non-hydrogen) atoms. The zero-order valence-electron chi connectivity index (χ0n) is 12.6. The van der Waals surface area contributed by atoms with Crippen LogP contribution in [0.4, 0.5) is 5.69 Å². The normalized spacial score (nSPS) is 10.3. The van der Waals surface area contributed by atoms with Crippen LogP contribution in [-0.2, 0) is 11.2 Å². The number of amides is 1. The SMILES string of the molecule is C#Cc1cccc(NC(=O)Cc2coc3cc(OC)ccc23)c1. The van der Waals surface area contributed by atoms with Gasteiger partial charge in [-0.05, 0) is 30.3 Å². The summed E-state index contributed by atoms with van der Waals surface area (Å²) in [5.74, 6) is 3.13. The summed E-state index contributed by atoms with van der Waals surface area (Å²) in [6, 6.07) is 12.7. The topological polar surface area (TPSA) is 51.5 Å². The number of hydrogen-bond acceptors (Lipinski definition) is 3. The Labute approximate surface area is 134 Å². The van der Waals surface area contributed by atoms with Crippen LogP contribution >= 0.6 is 0 Å². The number of benzene rings is 2. The van der Waals surface area contributed by atoms with E-state index in [9.17, 15) is 4.79 Å². The predicted octanol–water partition coefficient (Wildman–Crippen LogP) is 3.60. The number of carbonyl (C=O) groups excluding carboxylic acids is 1. The first-order valence-corrected chi connectivity index (χ1v) is 7.10. The summed E-state index contributed by atoms with van der Waals surface area (Å²) in [5, 5.41) is 3.74. The van der Waals surface area contributed by atoms with Gasteiger partial charge in [-0.25, -0.2) is 0 Å². The third-order valence-corrected chi connectivity index (χ3v) is 3.53. The molecular formula is C19H15NO3. The molecule has 0 unspecified atom stereocenters. The van der Waals surface area contributed by atoms with Gasteiger partial charge in [0, 0.05) is 28.3 Å². The predicted molar refractivity (Wildman–Crippen MR) is 89.5 cm³/mol. The second-order valence-corrected chi connectivity index (χ2v) is 5.07. The molecule has 0 aliphatic heterocycles. The van der Waals surface area contributed by atoms with E-state index in [1.54, 1.807) is 31.6 Å². The van der Waals surface area contributed by atoms with Crippen LogP contribution in [0.2, 0.25) is 0 Å². The Bertz CT molecular complexity index is 902. The molecule has 1 aromatic heterocycles. The molecule has 1 amide bonds. The van der Waals surface area contributed by atoms with Crippen molar-refractivity contribution in [1.82, 2.24) is 0 Å². The van der Waals surface area contributed by atoms with Crippen LogP contribution in [0, 0.1) is 12.3 Å². The number of rotatable bonds is 4. The maximum absolute atomic E-state index is 12.2. The average Bonchev–Trinajstić information content (AvgIpc) is 2.97. The Morgan fingerprint density at radius 3 is 2.96 bits per heavy atom. The Hall–Kier alpha value is -3.19. The molecule has 3 rings (SSSR count). The van der Waals surface area contributed by atoms with Crippen LogP contribution in [0.25, 0.3) is 11.0 Å². The summed E-state index contributed by atoms with van der Waals surface area (Å²) < 4.78 is 10.7. The minimum absolute atomic E-state index is 0.127. The lowest BCUT2D eigenvalue weighted by Crippen LogP contribution is -2.14. The molecule has 1 N–H and O–H groups in total. The molecule has 0 saturated heterocycles. The van der Waals surface area contributed by atoms with E-state index >= 15 is 0 Å². The highest BCUT2D eigenvalue weighted by Crippen LogP contribution is 2.26. The smallest absolute Gasteiger partial charge is 0.228 e. The standard InChI is InChI=1S/C19H15NO3/c1-3-13-5-4-6-15(9-13)20-19(21)10-14-12-23-18-11-16(22-2)7-8-17(14)18/h1,4-9,11-12H,10H2,2H3,(H,20,21). The van der Waals surface area contributed by atoms with Gasteiger partial charge in [-0.1, -0.05) is 12.0 Å². The van der Waals surface area contributed by atoms with Crippen molar-refractivity contribution >= 4 is 22.6 Å². The van der Waals surface area contributed by atoms with Gasteiger partial charge in [0.1, 0.15) is 11.3 Å². The van der Waals surface area contributed by atoms with Crippen LogP contribution in [0.15, 0.2) is 53.1 Å². The minimum atomic E-state index is -0.127. The van der Waals surface area contributed by atoms with Gasteiger partial charge in [0.05, 0.1) is 19.8 Å². The summed E-state index contributed by atoms with van der Waals surface area (Å²) in [5.41, 5.74) is 2.93. The van der Waals surface area contributed by atoms with Crippen LogP contribution < -0.4 is 10.1 Å². The van der Waals surface area contributed by atoms with E-state index in [0.29, 0.717) is 17.0 Å². The van der Waals surface area contributed by atoms with Crippen LogP contribution in [-0.4, -0.2) is 13.0 Å². The Morgan fingerprint density at radius 2 is 2.17 bits per heavy atom. The maximum Gasteiger partial charge on any atom is 0.228 e. The third kappa shape index (κ3) is 3.19. The number of methoxy groups -OCH3 is 1. The van der Waals surface area contributed by atoms with E-state index in [2.05, 4.69) is 11.2 Å². The summed E-state index contributed by atoms with van der Waals surface area (Å²) >= 11 is 0. The molecule has 3 aromatic rings. The molecule has 0 fully saturated rings. The molecule has 0 radical (unpaired) electrons. The van der Waals surface area contributed by atoms with Crippen LogP contribution in [0.3, 0.4) is 0 Å². The highest BCUT2D eigenvalue weighted by atomic mass is 16.5. The Balaban J connectivity index is 1.76. The molecule has 0 aliphatic carbocycles. The Kier molecular flexibility index (Phi) is 4.03. The number of fused-ring (bicyclic) bond motifs is 1. The maximum atomic E-state index is 12.2. The van der Waals surface area contributed by atoms with Crippen molar-refractivity contribution in [1.29, 1.82) is 0 Å². The molecule has 114 valence electrons. The molecule has 4 heteroatoms. The lowest BCUT2D eigenvalue weighted by Gasteiger charge is -2.05. The van der Waals surface area contributed by atoms with E-state index in [4.69, 9.17) is 15.6 Å². The number of furan rings is 1. The quantitative estimate of drug-likeness (QED) is 0.749. The molecule has 0 atom stereocenters. The van der Waals surface area contributed by atoms with Gasteiger partial charge >= 0.3 is 0 Å². The lowest BCUT2D eigenvalue weighted by molar-refractivity contribution is -0.115. The molecule has 4 nitrogen and oxygen atoms in total. The number of ether oxygens (including phenoxy) is 1. The molecule has 0 spiro atoms. The Morgan fingerprint density at radius 1 is 1.30 bits per heavy atom. The fraction of sp³-hybridized carbons (Fsp3) is 0.105. The van der Waals surface area contributed by atoms with E-state index < -0.39 is 0 Å². The van der Waals surface area contributed by atoms with Crippen molar-refractivity contribution in [2.24, 2.45) is 0 Å². The average molecular weight is 305 g/mol. The highest BCUT2D eigenvalue weighted by molar-refractivity contribution is 5.95. The van der Waals surface area contributed by atoms with E-state index in [1.165, 1.54) is 0 Å². The van der Waals surface area contributed by atoms with Gasteiger partial charge < -0.3 is 14.5 Å². The van der Waals surface area contributed by atoms with Gasteiger partial charge in [0.25, 0.3) is 0 Å². The van der Waals surface area contributed by atoms with E-state index in [-0.39, 0.29) is 12.3 Å². The summed E-state index contributed by atoms with van der Waals surface area (Å²) in [4.78, 5) is 12.2. The zero-order chi connectivity index (χ0) is 16.2. The molecule has 1 heterocycles. The van der Waals surface area contributed by atoms with Crippen molar-refractivity contribution in [3.8, 4) is 18.1 Å². The summed E-state index contributed by atoms with van der Waals surface area (Å²) in [7, 11) is 1.60. The van der Waals surface area contributed by atoms with E-state index in [0.717, 1.165) is 16.5 Å². The monoisotopic (exact) mass is 305 g/mol. The first kappa shape index (κ1) is 14.7. The van der Waals surface area contributed by atoms with Gasteiger partial charge in [-0.15, -0.1) is 6.42 Å². The first-order valence-electron chi connectivity index (χ1n) is 7.10. The first-order chi connectivity index (χ1) is 11.2. The number of nitrogens with one attached hydrogen (secondary N) is 1. The van der Waals surface area contributed by atoms with Gasteiger partial charge in [0.15, 0.2) is 0 Å². The fourth-order valence-corrected chi connectivity index (χ4v) is 2.39. The van der Waals surface area contributed by atoms with Crippen molar-refractivity contribution in [2.75, 3.05) is 12.4 Å². The molecule has 2 aromatic carbocycles. The van der Waals surface area contributed by atoms with Crippen molar-refractivity contribution in [3.05, 3.63) is 59.9 Å². The number of terminal acetylenes is 1. The van der Waals surface area contributed by atoms with Crippen LogP contribution in [0.5, 0.6) is 5.75 Å². The molecule has 0 aliphatic rings. The highest BCUT2D eigenvalue weighted by Gasteiger charge is 2.11. The summed E-state index contributed by atoms with van der Waals surface area (Å²) in [6.45, 7) is 0. The third-order valence-electron chi connectivity index (χ3n) is 3.53. The van der Waals surface area contributed by atoms with Crippen molar-refractivity contribution in [2.45, 2.75) is 6.42 Å². The molecule has 0 bridgehead atoms. The van der Waals surface area contributed by atoms with Crippen molar-refractivity contribution < 1.29 is 13.9 Å². The second kappa shape index (κ2) is 6.29. The minimum Gasteiger partial charge on any atom is -0.497 e. The number of anilines is 1. The van der Waals surface area contributed by atoms with Gasteiger partial charge in [-0.3, -0.25) is 4.79 Å². The fourth-order valence-electron chi connectivity index (χ4n) is 2.39. The zero-order valence-corrected chi connectivity index (χ0v) is 12.6. The van der Waals surface area contributed by atoms with Gasteiger partial charge in [0.2, 0.25) is 5.91 Å². The van der Waals surface area contributed by atoms with E-state index in [1.807, 2.05) is 24.3 Å². The van der Waals surface area contributed by atoms with Crippen molar-refractivity contribution in [3.63, 3.8) is 0 Å².